The Hall–Kier alpha value is -3.13. The van der Waals surface area contributed by atoms with Crippen molar-refractivity contribution in [2.45, 2.75) is 6.54 Å². The smallest absolute Gasteiger partial charge is 0.137 e. The van der Waals surface area contributed by atoms with Crippen molar-refractivity contribution in [3.8, 4) is 17.2 Å². The van der Waals surface area contributed by atoms with Crippen LogP contribution in [0.3, 0.4) is 0 Å². The summed E-state index contributed by atoms with van der Waals surface area (Å²) >= 11 is 0. The van der Waals surface area contributed by atoms with Crippen molar-refractivity contribution in [1.29, 1.82) is 5.26 Å². The summed E-state index contributed by atoms with van der Waals surface area (Å²) in [5, 5.41) is 13.3. The van der Waals surface area contributed by atoms with Crippen molar-refractivity contribution in [3.63, 3.8) is 0 Å². The molecule has 0 aliphatic rings. The Morgan fingerprint density at radius 2 is 2.00 bits per heavy atom. The molecule has 21 heavy (non-hydrogen) atoms. The maximum atomic E-state index is 9.24. The Morgan fingerprint density at radius 1 is 1.14 bits per heavy atom. The van der Waals surface area contributed by atoms with E-state index >= 15 is 0 Å². The molecule has 0 saturated heterocycles. The zero-order chi connectivity index (χ0) is 14.7. The predicted molar refractivity (Wildman–Crippen MR) is 80.1 cm³/mol. The van der Waals surface area contributed by atoms with Crippen LogP contribution >= 0.6 is 0 Å². The van der Waals surface area contributed by atoms with Gasteiger partial charge in [0.1, 0.15) is 12.7 Å². The first kappa shape index (κ1) is 12.9. The Kier molecular flexibility index (Phi) is 3.36. The van der Waals surface area contributed by atoms with E-state index in [9.17, 15) is 5.26 Å². The molecule has 0 spiro atoms. The van der Waals surface area contributed by atoms with Gasteiger partial charge in [0.2, 0.25) is 0 Å². The number of anilines is 1. The highest BCUT2D eigenvalue weighted by atomic mass is 15.3. The van der Waals surface area contributed by atoms with E-state index in [4.69, 9.17) is 5.73 Å². The molecule has 5 nitrogen and oxygen atoms in total. The van der Waals surface area contributed by atoms with Crippen LogP contribution < -0.4 is 5.73 Å². The van der Waals surface area contributed by atoms with Crippen molar-refractivity contribution < 1.29 is 0 Å². The third-order valence-corrected chi connectivity index (χ3v) is 3.24. The number of aromatic nitrogens is 3. The SMILES string of the molecule is N#Cc1ccc(-c2cccc(N)c2)cc1Cn1cncn1. The van der Waals surface area contributed by atoms with Gasteiger partial charge < -0.3 is 5.73 Å². The second-order valence-electron chi connectivity index (χ2n) is 4.70. The third kappa shape index (κ3) is 2.74. The molecule has 0 unspecified atom stereocenters. The molecule has 2 N–H and O–H groups in total. The minimum Gasteiger partial charge on any atom is -0.399 e. The molecule has 0 bridgehead atoms. The average molecular weight is 275 g/mol. The highest BCUT2D eigenvalue weighted by Gasteiger charge is 2.07. The molecule has 0 radical (unpaired) electrons. The largest absolute Gasteiger partial charge is 0.399 e. The highest BCUT2D eigenvalue weighted by molar-refractivity contribution is 5.69. The summed E-state index contributed by atoms with van der Waals surface area (Å²) in [4.78, 5) is 3.92. The molecule has 0 saturated carbocycles. The zero-order valence-electron chi connectivity index (χ0n) is 11.3. The molecule has 3 aromatic rings. The summed E-state index contributed by atoms with van der Waals surface area (Å²) in [5.74, 6) is 0. The summed E-state index contributed by atoms with van der Waals surface area (Å²) in [6.07, 6.45) is 3.11. The topological polar surface area (TPSA) is 80.5 Å². The molecule has 0 fully saturated rings. The van der Waals surface area contributed by atoms with Crippen LogP contribution in [0.1, 0.15) is 11.1 Å². The van der Waals surface area contributed by atoms with Crippen LogP contribution in [0.5, 0.6) is 0 Å². The van der Waals surface area contributed by atoms with Crippen molar-refractivity contribution in [2.75, 3.05) is 5.73 Å². The lowest BCUT2D eigenvalue weighted by Crippen LogP contribution is -2.02. The van der Waals surface area contributed by atoms with Crippen molar-refractivity contribution in [3.05, 3.63) is 66.2 Å². The van der Waals surface area contributed by atoms with Crippen LogP contribution in [0.15, 0.2) is 55.1 Å². The van der Waals surface area contributed by atoms with Crippen LogP contribution in [0.2, 0.25) is 0 Å². The quantitative estimate of drug-likeness (QED) is 0.744. The standard InChI is InChI=1S/C16H13N5/c17-8-14-5-4-13(12-2-1-3-16(18)7-12)6-15(14)9-21-11-19-10-20-21/h1-7,10-11H,9,18H2. The number of rotatable bonds is 3. The first-order valence-electron chi connectivity index (χ1n) is 6.47. The Balaban J connectivity index is 2.02. The van der Waals surface area contributed by atoms with Gasteiger partial charge in [-0.05, 0) is 41.0 Å². The lowest BCUT2D eigenvalue weighted by atomic mass is 9.99. The van der Waals surface area contributed by atoms with Gasteiger partial charge in [0.15, 0.2) is 0 Å². The van der Waals surface area contributed by atoms with E-state index < -0.39 is 0 Å². The highest BCUT2D eigenvalue weighted by Crippen LogP contribution is 2.24. The number of nitriles is 1. The molecule has 0 amide bonds. The zero-order valence-corrected chi connectivity index (χ0v) is 11.3. The van der Waals surface area contributed by atoms with Crippen LogP contribution in [0, 0.1) is 11.3 Å². The fraction of sp³-hybridized carbons (Fsp3) is 0.0625. The van der Waals surface area contributed by atoms with E-state index in [0.29, 0.717) is 12.1 Å². The van der Waals surface area contributed by atoms with Crippen LogP contribution in [0.4, 0.5) is 5.69 Å². The average Bonchev–Trinajstić information content (AvgIpc) is 3.00. The van der Waals surface area contributed by atoms with Gasteiger partial charge in [0.05, 0.1) is 18.2 Å². The fourth-order valence-electron chi connectivity index (χ4n) is 2.22. The van der Waals surface area contributed by atoms with E-state index in [1.165, 1.54) is 6.33 Å². The van der Waals surface area contributed by atoms with Gasteiger partial charge in [-0.1, -0.05) is 18.2 Å². The van der Waals surface area contributed by atoms with Crippen LogP contribution in [-0.4, -0.2) is 14.8 Å². The second-order valence-corrected chi connectivity index (χ2v) is 4.70. The van der Waals surface area contributed by atoms with Crippen molar-refractivity contribution in [1.82, 2.24) is 14.8 Å². The van der Waals surface area contributed by atoms with E-state index in [2.05, 4.69) is 16.2 Å². The first-order chi connectivity index (χ1) is 10.3. The van der Waals surface area contributed by atoms with E-state index in [0.717, 1.165) is 22.4 Å². The number of nitrogens with zero attached hydrogens (tertiary/aromatic N) is 4. The van der Waals surface area contributed by atoms with E-state index in [-0.39, 0.29) is 0 Å². The van der Waals surface area contributed by atoms with Gasteiger partial charge in [-0.25, -0.2) is 9.67 Å². The fourth-order valence-corrected chi connectivity index (χ4v) is 2.22. The minimum atomic E-state index is 0.513. The van der Waals surface area contributed by atoms with Gasteiger partial charge in [-0.2, -0.15) is 10.4 Å². The molecule has 0 aliphatic carbocycles. The molecule has 0 atom stereocenters. The second kappa shape index (κ2) is 5.47. The summed E-state index contributed by atoms with van der Waals surface area (Å²) in [6.45, 7) is 0.513. The van der Waals surface area contributed by atoms with E-state index in [1.54, 1.807) is 11.0 Å². The molecule has 2 aromatic carbocycles. The van der Waals surface area contributed by atoms with Crippen LogP contribution in [0.25, 0.3) is 11.1 Å². The summed E-state index contributed by atoms with van der Waals surface area (Å²) in [6, 6.07) is 15.6. The van der Waals surface area contributed by atoms with Crippen molar-refractivity contribution in [2.24, 2.45) is 0 Å². The number of hydrogen-bond donors (Lipinski definition) is 1. The molecular formula is C16H13N5. The number of nitrogens with two attached hydrogens (primary N) is 1. The molecule has 1 heterocycles. The maximum absolute atomic E-state index is 9.24. The summed E-state index contributed by atoms with van der Waals surface area (Å²) in [5.41, 5.74) is 10.1. The molecule has 0 aliphatic heterocycles. The van der Waals surface area contributed by atoms with Gasteiger partial charge in [0, 0.05) is 5.69 Å². The normalized spacial score (nSPS) is 10.2. The van der Waals surface area contributed by atoms with E-state index in [1.807, 2.05) is 42.5 Å². The Bertz CT molecular complexity index is 800. The van der Waals surface area contributed by atoms with Crippen molar-refractivity contribution >= 4 is 5.69 Å². The van der Waals surface area contributed by atoms with Gasteiger partial charge in [0.25, 0.3) is 0 Å². The maximum Gasteiger partial charge on any atom is 0.137 e. The van der Waals surface area contributed by atoms with Crippen LogP contribution in [-0.2, 0) is 6.54 Å². The van der Waals surface area contributed by atoms with Gasteiger partial charge >= 0.3 is 0 Å². The molecule has 1 aromatic heterocycles. The monoisotopic (exact) mass is 275 g/mol. The minimum absolute atomic E-state index is 0.513. The Morgan fingerprint density at radius 3 is 2.71 bits per heavy atom. The molecule has 3 rings (SSSR count). The number of hydrogen-bond acceptors (Lipinski definition) is 4. The lowest BCUT2D eigenvalue weighted by molar-refractivity contribution is 0.684. The number of benzene rings is 2. The molecule has 5 heteroatoms. The van der Waals surface area contributed by atoms with Gasteiger partial charge in [-0.15, -0.1) is 0 Å². The summed E-state index contributed by atoms with van der Waals surface area (Å²) < 4.78 is 1.69. The predicted octanol–water partition coefficient (Wildman–Crippen LogP) is 2.45. The van der Waals surface area contributed by atoms with Gasteiger partial charge in [-0.3, -0.25) is 0 Å². The molecular weight excluding hydrogens is 262 g/mol. The molecule has 102 valence electrons. The lowest BCUT2D eigenvalue weighted by Gasteiger charge is -2.08. The number of nitrogen functional groups attached to an aromatic ring is 1. The third-order valence-electron chi connectivity index (χ3n) is 3.24. The first-order valence-corrected chi connectivity index (χ1v) is 6.47. The Labute approximate surface area is 122 Å². The summed E-state index contributed by atoms with van der Waals surface area (Å²) in [7, 11) is 0.